The van der Waals surface area contributed by atoms with Crippen LogP contribution in [0.1, 0.15) is 116 Å². The van der Waals surface area contributed by atoms with E-state index in [0.717, 1.165) is 38.8 Å². The Hall–Kier alpha value is -1.14. The summed E-state index contributed by atoms with van der Waals surface area (Å²) in [4.78, 5) is 23.3. The summed E-state index contributed by atoms with van der Waals surface area (Å²) in [7, 11) is 3.37. The van der Waals surface area contributed by atoms with Crippen molar-refractivity contribution in [3.05, 3.63) is 0 Å². The molecule has 0 rings (SSSR count). The highest BCUT2D eigenvalue weighted by atomic mass is 16.5. The lowest BCUT2D eigenvalue weighted by Gasteiger charge is -2.05. The molecule has 6 nitrogen and oxygen atoms in total. The van der Waals surface area contributed by atoms with Crippen molar-refractivity contribution in [2.75, 3.05) is 40.5 Å². The molecule has 0 radical (unpaired) electrons. The van der Waals surface area contributed by atoms with E-state index in [0.29, 0.717) is 26.1 Å². The van der Waals surface area contributed by atoms with Gasteiger partial charge in [0.05, 0.1) is 0 Å². The van der Waals surface area contributed by atoms with Crippen molar-refractivity contribution >= 4 is 11.8 Å². The Morgan fingerprint density at radius 1 is 0.469 bits per heavy atom. The maximum Gasteiger partial charge on any atom is 0.219 e. The van der Waals surface area contributed by atoms with Crippen LogP contribution in [0.3, 0.4) is 0 Å². The van der Waals surface area contributed by atoms with Gasteiger partial charge >= 0.3 is 0 Å². The van der Waals surface area contributed by atoms with Crippen LogP contribution in [0.2, 0.25) is 0 Å². The highest BCUT2D eigenvalue weighted by Crippen LogP contribution is 2.13. The molecule has 0 aliphatic rings. The van der Waals surface area contributed by atoms with Crippen molar-refractivity contribution < 1.29 is 19.1 Å². The Morgan fingerprint density at radius 2 is 0.750 bits per heavy atom. The average Bonchev–Trinajstić information content (AvgIpc) is 2.79. The highest BCUT2D eigenvalue weighted by molar-refractivity contribution is 5.76. The minimum Gasteiger partial charge on any atom is -0.385 e. The third-order valence-corrected chi connectivity index (χ3v) is 5.75. The Labute approximate surface area is 198 Å². The van der Waals surface area contributed by atoms with Gasteiger partial charge in [0, 0.05) is 53.4 Å². The third-order valence-electron chi connectivity index (χ3n) is 5.75. The summed E-state index contributed by atoms with van der Waals surface area (Å²) < 4.78 is 9.94. The Morgan fingerprint density at radius 3 is 1.03 bits per heavy atom. The van der Waals surface area contributed by atoms with Crippen LogP contribution >= 0.6 is 0 Å². The van der Waals surface area contributed by atoms with Gasteiger partial charge in [-0.05, 0) is 25.7 Å². The summed E-state index contributed by atoms with van der Waals surface area (Å²) in [6.07, 6.45) is 20.6. The minimum absolute atomic E-state index is 0.181. The second-order valence-electron chi connectivity index (χ2n) is 8.84. The number of hydrogen-bond acceptors (Lipinski definition) is 4. The molecule has 32 heavy (non-hydrogen) atoms. The lowest BCUT2D eigenvalue weighted by atomic mass is 10.0. The van der Waals surface area contributed by atoms with E-state index in [2.05, 4.69) is 10.6 Å². The summed E-state index contributed by atoms with van der Waals surface area (Å²) >= 11 is 0. The molecule has 0 heterocycles. The number of nitrogens with one attached hydrogen (secondary N) is 2. The molecule has 0 fully saturated rings. The number of unbranched alkanes of at least 4 members (excludes halogenated alkanes) is 13. The quantitative estimate of drug-likeness (QED) is 0.177. The first kappa shape index (κ1) is 30.9. The number of carbonyl (C=O) groups is 2. The molecule has 0 spiro atoms. The van der Waals surface area contributed by atoms with Crippen LogP contribution in [0.25, 0.3) is 0 Å². The van der Waals surface area contributed by atoms with Crippen molar-refractivity contribution in [3.8, 4) is 0 Å². The number of amides is 2. The van der Waals surface area contributed by atoms with Crippen molar-refractivity contribution in [2.45, 2.75) is 116 Å². The Balaban J connectivity index is 3.16. The van der Waals surface area contributed by atoms with E-state index in [1.807, 2.05) is 0 Å². The topological polar surface area (TPSA) is 76.7 Å². The molecule has 190 valence electrons. The normalized spacial score (nSPS) is 10.9. The maximum absolute atomic E-state index is 11.6. The first-order chi connectivity index (χ1) is 15.7. The summed E-state index contributed by atoms with van der Waals surface area (Å²) in [6.45, 7) is 2.86. The van der Waals surface area contributed by atoms with Crippen LogP contribution in [0.15, 0.2) is 0 Å². The number of rotatable bonds is 25. The van der Waals surface area contributed by atoms with Crippen molar-refractivity contribution in [1.29, 1.82) is 0 Å². The van der Waals surface area contributed by atoms with E-state index >= 15 is 0 Å². The molecule has 0 saturated heterocycles. The number of carbonyl (C=O) groups excluding carboxylic acids is 2. The first-order valence-electron chi connectivity index (χ1n) is 13.2. The fraction of sp³-hybridized carbons (Fsp3) is 0.923. The molecule has 0 atom stereocenters. The van der Waals surface area contributed by atoms with Crippen LogP contribution in [0, 0.1) is 0 Å². The van der Waals surface area contributed by atoms with Crippen LogP contribution in [0.5, 0.6) is 0 Å². The summed E-state index contributed by atoms with van der Waals surface area (Å²) in [5.41, 5.74) is 0. The molecule has 2 N–H and O–H groups in total. The van der Waals surface area contributed by atoms with Crippen molar-refractivity contribution in [3.63, 3.8) is 0 Å². The SMILES string of the molecule is COCCCNC(=O)CCCCCCCCCCCCCCCCC(=O)NCCCOC. The molecule has 6 heteroatoms. The van der Waals surface area contributed by atoms with Gasteiger partial charge in [0.1, 0.15) is 0 Å². The van der Waals surface area contributed by atoms with E-state index in [-0.39, 0.29) is 11.8 Å². The average molecular weight is 457 g/mol. The lowest BCUT2D eigenvalue weighted by Crippen LogP contribution is -2.24. The number of ether oxygens (including phenoxy) is 2. The first-order valence-corrected chi connectivity index (χ1v) is 13.2. The predicted octanol–water partition coefficient (Wildman–Crippen LogP) is 5.53. The van der Waals surface area contributed by atoms with Crippen molar-refractivity contribution in [1.82, 2.24) is 10.6 Å². The zero-order chi connectivity index (χ0) is 23.5. The monoisotopic (exact) mass is 456 g/mol. The smallest absolute Gasteiger partial charge is 0.219 e. The van der Waals surface area contributed by atoms with Gasteiger partial charge in [-0.2, -0.15) is 0 Å². The van der Waals surface area contributed by atoms with Gasteiger partial charge in [-0.15, -0.1) is 0 Å². The summed E-state index contributed by atoms with van der Waals surface area (Å²) in [5, 5.41) is 5.89. The van der Waals surface area contributed by atoms with Crippen molar-refractivity contribution in [2.24, 2.45) is 0 Å². The minimum atomic E-state index is 0.181. The van der Waals surface area contributed by atoms with Crippen LogP contribution < -0.4 is 10.6 Å². The fourth-order valence-electron chi connectivity index (χ4n) is 3.76. The molecular weight excluding hydrogens is 404 g/mol. The predicted molar refractivity (Wildman–Crippen MR) is 133 cm³/mol. The largest absolute Gasteiger partial charge is 0.385 e. The third kappa shape index (κ3) is 25.1. The highest BCUT2D eigenvalue weighted by Gasteiger charge is 2.01. The molecule has 0 aliphatic heterocycles. The lowest BCUT2D eigenvalue weighted by molar-refractivity contribution is -0.122. The van der Waals surface area contributed by atoms with Gasteiger partial charge in [-0.3, -0.25) is 9.59 Å². The van der Waals surface area contributed by atoms with Gasteiger partial charge in [-0.1, -0.05) is 77.0 Å². The van der Waals surface area contributed by atoms with Gasteiger partial charge in [0.2, 0.25) is 11.8 Å². The van der Waals surface area contributed by atoms with E-state index in [4.69, 9.17) is 9.47 Å². The van der Waals surface area contributed by atoms with Gasteiger partial charge in [-0.25, -0.2) is 0 Å². The summed E-state index contributed by atoms with van der Waals surface area (Å²) in [5.74, 6) is 0.362. The number of hydrogen-bond donors (Lipinski definition) is 2. The molecular formula is C26H52N2O4. The molecule has 0 bridgehead atoms. The fourth-order valence-corrected chi connectivity index (χ4v) is 3.76. The molecule has 0 aliphatic carbocycles. The standard InChI is InChI=1S/C26H52N2O4/c1-31-23-17-21-27-25(29)19-15-13-11-9-7-5-3-4-6-8-10-12-14-16-20-26(30)28-22-18-24-32-2/h3-24H2,1-2H3,(H,27,29)(H,28,30). The Bertz CT molecular complexity index is 381. The summed E-state index contributed by atoms with van der Waals surface area (Å²) in [6, 6.07) is 0. The maximum atomic E-state index is 11.6. The Kier molecular flexibility index (Phi) is 25.2. The zero-order valence-corrected chi connectivity index (χ0v) is 21.2. The second-order valence-corrected chi connectivity index (χ2v) is 8.84. The van der Waals surface area contributed by atoms with E-state index in [1.165, 1.54) is 77.0 Å². The van der Waals surface area contributed by atoms with E-state index < -0.39 is 0 Å². The van der Waals surface area contributed by atoms with Crippen LogP contribution in [0.4, 0.5) is 0 Å². The number of methoxy groups -OCH3 is 2. The van der Waals surface area contributed by atoms with Gasteiger partial charge in [0.25, 0.3) is 0 Å². The van der Waals surface area contributed by atoms with Crippen LogP contribution in [-0.4, -0.2) is 52.3 Å². The van der Waals surface area contributed by atoms with E-state index in [1.54, 1.807) is 14.2 Å². The molecule has 0 aromatic carbocycles. The van der Waals surface area contributed by atoms with Crippen LogP contribution in [-0.2, 0) is 19.1 Å². The van der Waals surface area contributed by atoms with Gasteiger partial charge < -0.3 is 20.1 Å². The second kappa shape index (κ2) is 26.1. The van der Waals surface area contributed by atoms with E-state index in [9.17, 15) is 9.59 Å². The molecule has 0 aromatic rings. The molecule has 0 aromatic heterocycles. The van der Waals surface area contributed by atoms with Gasteiger partial charge in [0.15, 0.2) is 0 Å². The molecule has 0 unspecified atom stereocenters. The zero-order valence-electron chi connectivity index (χ0n) is 21.2. The molecule has 2 amide bonds. The molecule has 0 saturated carbocycles.